The molecule has 0 aliphatic carbocycles. The van der Waals surface area contributed by atoms with Crippen LogP contribution in [-0.2, 0) is 6.61 Å². The van der Waals surface area contributed by atoms with Crippen LogP contribution in [0.1, 0.15) is 22.3 Å². The van der Waals surface area contributed by atoms with Crippen molar-refractivity contribution in [3.05, 3.63) is 95.1 Å². The second-order valence-corrected chi connectivity index (χ2v) is 6.05. The van der Waals surface area contributed by atoms with Crippen LogP contribution in [-0.4, -0.2) is 7.11 Å². The molecule has 0 amide bonds. The second-order valence-electron chi connectivity index (χ2n) is 6.05. The fraction of sp³-hybridized carbons (Fsp3) is 0.0833. The molecule has 0 saturated carbocycles. The molecule has 0 N–H and O–H groups in total. The highest BCUT2D eigenvalue weighted by atomic mass is 16.5. The van der Waals surface area contributed by atoms with Gasteiger partial charge in [0.15, 0.2) is 11.5 Å². The summed E-state index contributed by atoms with van der Waals surface area (Å²) >= 11 is 0. The summed E-state index contributed by atoms with van der Waals surface area (Å²) in [6.07, 6.45) is 1.76. The van der Waals surface area contributed by atoms with Crippen LogP contribution in [0, 0.1) is 22.7 Å². The van der Waals surface area contributed by atoms with E-state index in [-0.39, 0.29) is 0 Å². The first-order valence-corrected chi connectivity index (χ1v) is 8.70. The molecule has 136 valence electrons. The van der Waals surface area contributed by atoms with Gasteiger partial charge in [-0.05, 0) is 47.0 Å². The summed E-state index contributed by atoms with van der Waals surface area (Å²) in [5, 5.41) is 18.6. The molecule has 0 spiro atoms. The average Bonchev–Trinajstić information content (AvgIpc) is 2.77. The van der Waals surface area contributed by atoms with Crippen molar-refractivity contribution in [2.24, 2.45) is 0 Å². The zero-order chi connectivity index (χ0) is 19.8. The van der Waals surface area contributed by atoms with E-state index in [1.807, 2.05) is 54.6 Å². The molecule has 3 aromatic rings. The molecule has 3 rings (SSSR count). The Balaban J connectivity index is 1.85. The van der Waals surface area contributed by atoms with Gasteiger partial charge in [-0.25, -0.2) is 0 Å². The van der Waals surface area contributed by atoms with Crippen molar-refractivity contribution in [1.29, 1.82) is 10.5 Å². The van der Waals surface area contributed by atoms with Gasteiger partial charge < -0.3 is 9.47 Å². The zero-order valence-electron chi connectivity index (χ0n) is 15.4. The van der Waals surface area contributed by atoms with Crippen LogP contribution in [0.2, 0.25) is 0 Å². The number of rotatable bonds is 6. The van der Waals surface area contributed by atoms with Crippen LogP contribution in [0.4, 0.5) is 0 Å². The summed E-state index contributed by atoms with van der Waals surface area (Å²) < 4.78 is 11.3. The number of methoxy groups -OCH3 is 1. The summed E-state index contributed by atoms with van der Waals surface area (Å²) in [6, 6.07) is 26.7. The summed E-state index contributed by atoms with van der Waals surface area (Å²) in [5.41, 5.74) is 3.56. The molecule has 0 unspecified atom stereocenters. The van der Waals surface area contributed by atoms with Crippen molar-refractivity contribution in [2.45, 2.75) is 6.61 Å². The SMILES string of the molecule is COc1cc(/C=C(/C#N)c2cccc(C#N)c2)ccc1OCc1ccccc1. The number of allylic oxidation sites excluding steroid dienone is 1. The molecule has 4 nitrogen and oxygen atoms in total. The van der Waals surface area contributed by atoms with Crippen molar-refractivity contribution in [1.82, 2.24) is 0 Å². The average molecular weight is 366 g/mol. The third kappa shape index (κ3) is 4.58. The van der Waals surface area contributed by atoms with Gasteiger partial charge >= 0.3 is 0 Å². The van der Waals surface area contributed by atoms with Gasteiger partial charge in [-0.15, -0.1) is 0 Å². The van der Waals surface area contributed by atoms with Gasteiger partial charge in [-0.1, -0.05) is 48.5 Å². The normalized spacial score (nSPS) is 10.6. The lowest BCUT2D eigenvalue weighted by Gasteiger charge is -2.11. The van der Waals surface area contributed by atoms with E-state index in [0.29, 0.717) is 34.8 Å². The quantitative estimate of drug-likeness (QED) is 0.444. The first-order chi connectivity index (χ1) is 13.7. The van der Waals surface area contributed by atoms with Crippen molar-refractivity contribution in [3.8, 4) is 23.6 Å². The van der Waals surface area contributed by atoms with E-state index in [2.05, 4.69) is 12.1 Å². The molecule has 0 radical (unpaired) electrons. The Labute approximate surface area is 164 Å². The molecule has 3 aromatic carbocycles. The predicted molar refractivity (Wildman–Crippen MR) is 108 cm³/mol. The lowest BCUT2D eigenvalue weighted by atomic mass is 10.0. The molecular weight excluding hydrogens is 348 g/mol. The molecule has 0 aliphatic heterocycles. The second kappa shape index (κ2) is 9.07. The lowest BCUT2D eigenvalue weighted by molar-refractivity contribution is 0.284. The van der Waals surface area contributed by atoms with Gasteiger partial charge in [-0.3, -0.25) is 0 Å². The van der Waals surface area contributed by atoms with Gasteiger partial charge in [0.1, 0.15) is 6.61 Å². The summed E-state index contributed by atoms with van der Waals surface area (Å²) in [7, 11) is 1.58. The van der Waals surface area contributed by atoms with Crippen LogP contribution < -0.4 is 9.47 Å². The van der Waals surface area contributed by atoms with Crippen molar-refractivity contribution in [3.63, 3.8) is 0 Å². The number of hydrogen-bond donors (Lipinski definition) is 0. The van der Waals surface area contributed by atoms with Gasteiger partial charge in [0.05, 0.1) is 30.4 Å². The number of benzene rings is 3. The third-order valence-corrected chi connectivity index (χ3v) is 4.16. The minimum Gasteiger partial charge on any atom is -0.493 e. The lowest BCUT2D eigenvalue weighted by Crippen LogP contribution is -1.97. The van der Waals surface area contributed by atoms with Crippen LogP contribution >= 0.6 is 0 Å². The Bertz CT molecular complexity index is 1070. The Morgan fingerprint density at radius 3 is 2.46 bits per heavy atom. The van der Waals surface area contributed by atoms with E-state index in [1.54, 1.807) is 31.4 Å². The maximum atomic E-state index is 9.54. The van der Waals surface area contributed by atoms with Crippen LogP contribution in [0.15, 0.2) is 72.8 Å². The highest BCUT2D eigenvalue weighted by Gasteiger charge is 2.08. The molecule has 0 saturated heterocycles. The van der Waals surface area contributed by atoms with Crippen molar-refractivity contribution < 1.29 is 9.47 Å². The molecule has 0 bridgehead atoms. The van der Waals surface area contributed by atoms with Crippen LogP contribution in [0.25, 0.3) is 11.6 Å². The Hall–Kier alpha value is -4.02. The smallest absolute Gasteiger partial charge is 0.161 e. The molecule has 0 atom stereocenters. The van der Waals surface area contributed by atoms with Gasteiger partial charge in [-0.2, -0.15) is 10.5 Å². The largest absolute Gasteiger partial charge is 0.493 e. The fourth-order valence-electron chi connectivity index (χ4n) is 2.73. The number of hydrogen-bond acceptors (Lipinski definition) is 4. The first-order valence-electron chi connectivity index (χ1n) is 8.70. The summed E-state index contributed by atoms with van der Waals surface area (Å²) in [6.45, 7) is 0.441. The molecule has 28 heavy (non-hydrogen) atoms. The summed E-state index contributed by atoms with van der Waals surface area (Å²) in [4.78, 5) is 0. The highest BCUT2D eigenvalue weighted by Crippen LogP contribution is 2.30. The monoisotopic (exact) mass is 366 g/mol. The highest BCUT2D eigenvalue weighted by molar-refractivity contribution is 5.90. The van der Waals surface area contributed by atoms with E-state index < -0.39 is 0 Å². The molecule has 0 heterocycles. The number of nitriles is 2. The van der Waals surface area contributed by atoms with Gasteiger partial charge in [0.2, 0.25) is 0 Å². The number of ether oxygens (including phenoxy) is 2. The van der Waals surface area contributed by atoms with Gasteiger partial charge in [0, 0.05) is 0 Å². The molecule has 0 aromatic heterocycles. The van der Waals surface area contributed by atoms with Gasteiger partial charge in [0.25, 0.3) is 0 Å². The van der Waals surface area contributed by atoms with Crippen molar-refractivity contribution >= 4 is 11.6 Å². The third-order valence-electron chi connectivity index (χ3n) is 4.16. The van der Waals surface area contributed by atoms with Crippen LogP contribution in [0.5, 0.6) is 11.5 Å². The van der Waals surface area contributed by atoms with Crippen LogP contribution in [0.3, 0.4) is 0 Å². The van der Waals surface area contributed by atoms with E-state index in [4.69, 9.17) is 14.7 Å². The summed E-state index contributed by atoms with van der Waals surface area (Å²) in [5.74, 6) is 1.22. The van der Waals surface area contributed by atoms with Crippen molar-refractivity contribution in [2.75, 3.05) is 7.11 Å². The zero-order valence-corrected chi connectivity index (χ0v) is 15.4. The van der Waals surface area contributed by atoms with E-state index in [1.165, 1.54) is 0 Å². The Kier molecular flexibility index (Phi) is 6.08. The molecule has 0 fully saturated rings. The number of nitrogens with zero attached hydrogens (tertiary/aromatic N) is 2. The minimum atomic E-state index is 0.441. The molecular formula is C24H18N2O2. The molecule has 4 heteroatoms. The van der Waals surface area contributed by atoms with E-state index in [0.717, 1.165) is 11.1 Å². The first kappa shape index (κ1) is 18.8. The maximum Gasteiger partial charge on any atom is 0.161 e. The molecule has 0 aliphatic rings. The Morgan fingerprint density at radius 1 is 0.929 bits per heavy atom. The van der Waals surface area contributed by atoms with E-state index in [9.17, 15) is 5.26 Å². The maximum absolute atomic E-state index is 9.54. The predicted octanol–water partition coefficient (Wildman–Crippen LogP) is 5.21. The van der Waals surface area contributed by atoms with E-state index >= 15 is 0 Å². The standard InChI is InChI=1S/C24H18N2O2/c1-27-24-14-19(10-11-23(24)28-17-18-6-3-2-4-7-18)12-22(16-26)21-9-5-8-20(13-21)15-25/h2-14H,17H2,1H3/b22-12-. The topological polar surface area (TPSA) is 66.0 Å². The minimum absolute atomic E-state index is 0.441. The Morgan fingerprint density at radius 2 is 1.75 bits per heavy atom. The fourth-order valence-corrected chi connectivity index (χ4v) is 2.73.